The number of carboxylic acids is 1. The fourth-order valence-electron chi connectivity index (χ4n) is 2.53. The van der Waals surface area contributed by atoms with E-state index in [1.165, 1.54) is 18.2 Å². The summed E-state index contributed by atoms with van der Waals surface area (Å²) in [6.07, 6.45) is 0. The Morgan fingerprint density at radius 1 is 1.24 bits per heavy atom. The van der Waals surface area contributed by atoms with Crippen molar-refractivity contribution in [1.82, 2.24) is 9.55 Å². The van der Waals surface area contributed by atoms with Crippen LogP contribution in [0.15, 0.2) is 36.4 Å². The Labute approximate surface area is 120 Å². The van der Waals surface area contributed by atoms with Gasteiger partial charge in [0.25, 0.3) is 0 Å². The van der Waals surface area contributed by atoms with Crippen LogP contribution in [0.5, 0.6) is 0 Å². The molecular formula is C16H13FN2O2. The minimum atomic E-state index is -1.03. The van der Waals surface area contributed by atoms with E-state index < -0.39 is 5.97 Å². The first-order valence-corrected chi connectivity index (χ1v) is 6.47. The SMILES string of the molecule is Cc1ccc(F)cc1-n1c(C)nc2cccc(C(=O)O)c21. The van der Waals surface area contributed by atoms with Crippen LogP contribution in [0.1, 0.15) is 21.7 Å². The number of carbonyl (C=O) groups is 1. The number of hydrogen-bond acceptors (Lipinski definition) is 2. The molecular weight excluding hydrogens is 271 g/mol. The van der Waals surface area contributed by atoms with Gasteiger partial charge in [-0.2, -0.15) is 0 Å². The number of para-hydroxylation sites is 1. The van der Waals surface area contributed by atoms with Gasteiger partial charge in [-0.3, -0.25) is 4.57 Å². The maximum Gasteiger partial charge on any atom is 0.337 e. The van der Waals surface area contributed by atoms with Gasteiger partial charge in [0.15, 0.2) is 0 Å². The third-order valence-corrected chi connectivity index (χ3v) is 3.49. The fourth-order valence-corrected chi connectivity index (χ4v) is 2.53. The summed E-state index contributed by atoms with van der Waals surface area (Å²) in [5.74, 6) is -0.784. The molecule has 0 bridgehead atoms. The molecule has 3 rings (SSSR count). The molecule has 0 aliphatic carbocycles. The molecule has 4 nitrogen and oxygen atoms in total. The summed E-state index contributed by atoms with van der Waals surface area (Å²) < 4.78 is 15.3. The number of carboxylic acid groups (broad SMARTS) is 1. The lowest BCUT2D eigenvalue weighted by molar-refractivity contribution is 0.0698. The van der Waals surface area contributed by atoms with Crippen molar-refractivity contribution in [2.24, 2.45) is 0 Å². The predicted molar refractivity (Wildman–Crippen MR) is 77.5 cm³/mol. The number of benzene rings is 2. The fraction of sp³-hybridized carbons (Fsp3) is 0.125. The number of fused-ring (bicyclic) bond motifs is 1. The Morgan fingerprint density at radius 3 is 2.71 bits per heavy atom. The molecule has 0 saturated heterocycles. The predicted octanol–water partition coefficient (Wildman–Crippen LogP) is 3.48. The summed E-state index contributed by atoms with van der Waals surface area (Å²) in [5, 5.41) is 9.37. The van der Waals surface area contributed by atoms with E-state index >= 15 is 0 Å². The van der Waals surface area contributed by atoms with Crippen molar-refractivity contribution in [1.29, 1.82) is 0 Å². The van der Waals surface area contributed by atoms with Crippen molar-refractivity contribution < 1.29 is 14.3 Å². The molecule has 2 aromatic carbocycles. The maximum atomic E-state index is 13.6. The van der Waals surface area contributed by atoms with Gasteiger partial charge in [-0.25, -0.2) is 14.2 Å². The zero-order valence-electron chi connectivity index (χ0n) is 11.6. The number of rotatable bonds is 2. The molecule has 0 aliphatic rings. The second-order valence-corrected chi connectivity index (χ2v) is 4.90. The second kappa shape index (κ2) is 4.70. The van der Waals surface area contributed by atoms with Gasteiger partial charge >= 0.3 is 5.97 Å². The van der Waals surface area contributed by atoms with Crippen molar-refractivity contribution in [3.8, 4) is 5.69 Å². The largest absolute Gasteiger partial charge is 0.478 e. The van der Waals surface area contributed by atoms with E-state index in [1.54, 1.807) is 29.7 Å². The van der Waals surface area contributed by atoms with Gasteiger partial charge in [-0.15, -0.1) is 0 Å². The van der Waals surface area contributed by atoms with Crippen LogP contribution in [0.3, 0.4) is 0 Å². The number of aromatic nitrogens is 2. The van der Waals surface area contributed by atoms with E-state index in [1.807, 2.05) is 6.92 Å². The van der Waals surface area contributed by atoms with Crippen molar-refractivity contribution in [2.45, 2.75) is 13.8 Å². The average molecular weight is 284 g/mol. The zero-order valence-corrected chi connectivity index (χ0v) is 11.6. The maximum absolute atomic E-state index is 13.6. The summed E-state index contributed by atoms with van der Waals surface area (Å²) in [6, 6.07) is 9.37. The molecule has 0 atom stereocenters. The van der Waals surface area contributed by atoms with Gasteiger partial charge in [0.1, 0.15) is 11.6 Å². The topological polar surface area (TPSA) is 55.1 Å². The molecule has 1 aromatic heterocycles. The van der Waals surface area contributed by atoms with Gasteiger partial charge < -0.3 is 5.11 Å². The number of aryl methyl sites for hydroxylation is 2. The minimum absolute atomic E-state index is 0.150. The van der Waals surface area contributed by atoms with Crippen LogP contribution in [0, 0.1) is 19.7 Å². The van der Waals surface area contributed by atoms with Crippen LogP contribution in [0.2, 0.25) is 0 Å². The van der Waals surface area contributed by atoms with E-state index in [-0.39, 0.29) is 11.4 Å². The number of nitrogens with zero attached hydrogens (tertiary/aromatic N) is 2. The minimum Gasteiger partial charge on any atom is -0.478 e. The Morgan fingerprint density at radius 2 is 2.00 bits per heavy atom. The van der Waals surface area contributed by atoms with Crippen molar-refractivity contribution in [3.05, 3.63) is 59.2 Å². The molecule has 0 unspecified atom stereocenters. The van der Waals surface area contributed by atoms with Crippen molar-refractivity contribution >= 4 is 17.0 Å². The van der Waals surface area contributed by atoms with E-state index in [0.717, 1.165) is 5.56 Å². The molecule has 0 saturated carbocycles. The lowest BCUT2D eigenvalue weighted by atomic mass is 10.1. The van der Waals surface area contributed by atoms with Crippen LogP contribution in [0.25, 0.3) is 16.7 Å². The number of aromatic carboxylic acids is 1. The van der Waals surface area contributed by atoms with Crippen LogP contribution >= 0.6 is 0 Å². The van der Waals surface area contributed by atoms with Crippen LogP contribution in [-0.4, -0.2) is 20.6 Å². The van der Waals surface area contributed by atoms with Gasteiger partial charge in [0.05, 0.1) is 22.3 Å². The molecule has 3 aromatic rings. The Balaban J connectivity index is 2.44. The lowest BCUT2D eigenvalue weighted by Crippen LogP contribution is -2.05. The van der Waals surface area contributed by atoms with E-state index in [9.17, 15) is 14.3 Å². The highest BCUT2D eigenvalue weighted by Gasteiger charge is 2.18. The van der Waals surface area contributed by atoms with Gasteiger partial charge in [0.2, 0.25) is 0 Å². The first-order valence-electron chi connectivity index (χ1n) is 6.47. The van der Waals surface area contributed by atoms with Gasteiger partial charge in [0, 0.05) is 0 Å². The zero-order chi connectivity index (χ0) is 15.1. The lowest BCUT2D eigenvalue weighted by Gasteiger charge is -2.11. The Kier molecular flexibility index (Phi) is 2.97. The van der Waals surface area contributed by atoms with Crippen LogP contribution < -0.4 is 0 Å². The normalized spacial score (nSPS) is 11.0. The highest BCUT2D eigenvalue weighted by molar-refractivity contribution is 6.02. The molecule has 0 radical (unpaired) electrons. The molecule has 0 aliphatic heterocycles. The summed E-state index contributed by atoms with van der Waals surface area (Å²) in [4.78, 5) is 15.8. The molecule has 0 fully saturated rings. The third kappa shape index (κ3) is 2.07. The highest BCUT2D eigenvalue weighted by Crippen LogP contribution is 2.26. The molecule has 1 heterocycles. The molecule has 0 spiro atoms. The smallest absolute Gasteiger partial charge is 0.337 e. The summed E-state index contributed by atoms with van der Waals surface area (Å²) in [5.41, 5.74) is 2.66. The monoisotopic (exact) mass is 284 g/mol. The Bertz CT molecular complexity index is 868. The van der Waals surface area contributed by atoms with Crippen molar-refractivity contribution in [2.75, 3.05) is 0 Å². The molecule has 5 heteroatoms. The Hall–Kier alpha value is -2.69. The second-order valence-electron chi connectivity index (χ2n) is 4.90. The first kappa shape index (κ1) is 13.3. The van der Waals surface area contributed by atoms with Gasteiger partial charge in [-0.05, 0) is 43.7 Å². The van der Waals surface area contributed by atoms with Crippen LogP contribution in [-0.2, 0) is 0 Å². The molecule has 0 amide bonds. The third-order valence-electron chi connectivity index (χ3n) is 3.49. The summed E-state index contributed by atoms with van der Waals surface area (Å²) in [6.45, 7) is 3.62. The van der Waals surface area contributed by atoms with Crippen LogP contribution in [0.4, 0.5) is 4.39 Å². The first-order chi connectivity index (χ1) is 9.99. The summed E-state index contributed by atoms with van der Waals surface area (Å²) >= 11 is 0. The van der Waals surface area contributed by atoms with Gasteiger partial charge in [-0.1, -0.05) is 12.1 Å². The van der Waals surface area contributed by atoms with Crippen molar-refractivity contribution in [3.63, 3.8) is 0 Å². The standard InChI is InChI=1S/C16H13FN2O2/c1-9-6-7-11(17)8-14(9)19-10(2)18-13-5-3-4-12(15(13)19)16(20)21/h3-8H,1-2H3,(H,20,21). The van der Waals surface area contributed by atoms with E-state index in [0.29, 0.717) is 22.5 Å². The molecule has 1 N–H and O–H groups in total. The number of imidazole rings is 1. The number of halogens is 1. The number of hydrogen-bond donors (Lipinski definition) is 1. The molecule has 106 valence electrons. The molecule has 21 heavy (non-hydrogen) atoms. The quantitative estimate of drug-likeness (QED) is 0.783. The van der Waals surface area contributed by atoms with E-state index in [4.69, 9.17) is 0 Å². The highest BCUT2D eigenvalue weighted by atomic mass is 19.1. The summed E-state index contributed by atoms with van der Waals surface area (Å²) in [7, 11) is 0. The van der Waals surface area contributed by atoms with E-state index in [2.05, 4.69) is 4.98 Å². The average Bonchev–Trinajstić information content (AvgIpc) is 2.77.